The van der Waals surface area contributed by atoms with Crippen LogP contribution in [-0.4, -0.2) is 19.3 Å². The number of rotatable bonds is 3. The third-order valence-electron chi connectivity index (χ3n) is 2.39. The summed E-state index contributed by atoms with van der Waals surface area (Å²) >= 11 is 1.81. The van der Waals surface area contributed by atoms with Gasteiger partial charge in [-0.25, -0.2) is 0 Å². The quantitative estimate of drug-likeness (QED) is 0.802. The van der Waals surface area contributed by atoms with E-state index in [1.165, 1.54) is 4.88 Å². The molecule has 2 rings (SSSR count). The van der Waals surface area contributed by atoms with Gasteiger partial charge < -0.3 is 10.1 Å². The minimum Gasteiger partial charge on any atom is -0.380 e. The van der Waals surface area contributed by atoms with Crippen LogP contribution in [0.4, 0.5) is 0 Å². The summed E-state index contributed by atoms with van der Waals surface area (Å²) < 4.78 is 5.32. The van der Waals surface area contributed by atoms with Gasteiger partial charge >= 0.3 is 0 Å². The third kappa shape index (κ3) is 2.30. The number of ether oxygens (including phenoxy) is 1. The summed E-state index contributed by atoms with van der Waals surface area (Å²) in [5.74, 6) is 0. The number of thiophene rings is 1. The predicted molar refractivity (Wildman–Crippen MR) is 55.1 cm³/mol. The highest BCUT2D eigenvalue weighted by Crippen LogP contribution is 2.19. The van der Waals surface area contributed by atoms with Gasteiger partial charge in [0.15, 0.2) is 0 Å². The van der Waals surface area contributed by atoms with E-state index in [-0.39, 0.29) is 0 Å². The van der Waals surface area contributed by atoms with Gasteiger partial charge in [0.05, 0.1) is 6.61 Å². The highest BCUT2D eigenvalue weighted by Gasteiger charge is 2.18. The molecule has 0 radical (unpaired) electrons. The van der Waals surface area contributed by atoms with E-state index >= 15 is 0 Å². The van der Waals surface area contributed by atoms with Crippen LogP contribution in [0.25, 0.3) is 0 Å². The highest BCUT2D eigenvalue weighted by molar-refractivity contribution is 7.10. The first-order valence-corrected chi connectivity index (χ1v) is 5.61. The minimum absolute atomic E-state index is 0.465. The molecule has 2 heterocycles. The number of hydrogen-bond donors (Lipinski definition) is 1. The molecule has 72 valence electrons. The van der Waals surface area contributed by atoms with Crippen molar-refractivity contribution in [3.63, 3.8) is 0 Å². The number of nitrogens with one attached hydrogen (secondary N) is 1. The molecule has 1 aromatic rings. The average Bonchev–Trinajstić information content (AvgIpc) is 2.74. The van der Waals surface area contributed by atoms with E-state index in [4.69, 9.17) is 4.74 Å². The smallest absolute Gasteiger partial charge is 0.0620 e. The summed E-state index contributed by atoms with van der Waals surface area (Å²) in [7, 11) is 0. The Kier molecular flexibility index (Phi) is 2.98. The molecule has 0 saturated carbocycles. The zero-order chi connectivity index (χ0) is 9.10. The minimum atomic E-state index is 0.465. The summed E-state index contributed by atoms with van der Waals surface area (Å²) in [6.07, 6.45) is 1.15. The summed E-state index contributed by atoms with van der Waals surface area (Å²) in [5, 5.41) is 5.69. The van der Waals surface area contributed by atoms with Crippen molar-refractivity contribution in [1.82, 2.24) is 5.32 Å². The molecule has 1 aliphatic heterocycles. The van der Waals surface area contributed by atoms with Gasteiger partial charge in [-0.05, 0) is 24.8 Å². The molecule has 0 aliphatic carbocycles. The zero-order valence-corrected chi connectivity index (χ0v) is 8.64. The number of hydrogen-bond acceptors (Lipinski definition) is 3. The molecule has 2 unspecified atom stereocenters. The fraction of sp³-hybridized carbons (Fsp3) is 0.600. The lowest BCUT2D eigenvalue weighted by atomic mass is 10.2. The van der Waals surface area contributed by atoms with Crippen LogP contribution in [0.3, 0.4) is 0 Å². The van der Waals surface area contributed by atoms with Gasteiger partial charge in [0, 0.05) is 23.6 Å². The van der Waals surface area contributed by atoms with Gasteiger partial charge in [0.2, 0.25) is 0 Å². The van der Waals surface area contributed by atoms with Gasteiger partial charge in [-0.2, -0.15) is 0 Å². The summed E-state index contributed by atoms with van der Waals surface area (Å²) in [5.41, 5.74) is 0. The Morgan fingerprint density at radius 2 is 2.62 bits per heavy atom. The molecule has 3 heteroatoms. The van der Waals surface area contributed by atoms with E-state index in [2.05, 4.69) is 29.8 Å². The third-order valence-corrected chi connectivity index (χ3v) is 3.44. The van der Waals surface area contributed by atoms with Crippen LogP contribution in [0.5, 0.6) is 0 Å². The van der Waals surface area contributed by atoms with Gasteiger partial charge in [-0.1, -0.05) is 6.07 Å². The van der Waals surface area contributed by atoms with Crippen LogP contribution in [0.15, 0.2) is 17.5 Å². The van der Waals surface area contributed by atoms with Crippen molar-refractivity contribution in [3.8, 4) is 0 Å². The Morgan fingerprint density at radius 3 is 3.23 bits per heavy atom. The zero-order valence-electron chi connectivity index (χ0n) is 7.82. The second kappa shape index (κ2) is 4.22. The second-order valence-corrected chi connectivity index (χ2v) is 4.44. The largest absolute Gasteiger partial charge is 0.380 e. The van der Waals surface area contributed by atoms with E-state index in [9.17, 15) is 0 Å². The first-order chi connectivity index (χ1) is 6.36. The molecular formula is C10H15NOS. The van der Waals surface area contributed by atoms with Crippen LogP contribution in [0, 0.1) is 0 Å². The Hall–Kier alpha value is -0.380. The van der Waals surface area contributed by atoms with E-state index in [1.807, 2.05) is 11.3 Å². The normalized spacial score (nSPS) is 24.8. The lowest BCUT2D eigenvalue weighted by Crippen LogP contribution is -2.31. The topological polar surface area (TPSA) is 21.3 Å². The van der Waals surface area contributed by atoms with Crippen molar-refractivity contribution in [1.29, 1.82) is 0 Å². The Labute approximate surface area is 82.9 Å². The monoisotopic (exact) mass is 197 g/mol. The van der Waals surface area contributed by atoms with E-state index in [0.717, 1.165) is 19.6 Å². The molecule has 2 nitrogen and oxygen atoms in total. The van der Waals surface area contributed by atoms with Crippen molar-refractivity contribution in [2.75, 3.05) is 13.2 Å². The fourth-order valence-corrected chi connectivity index (χ4v) is 2.38. The predicted octanol–water partition coefficient (Wildman–Crippen LogP) is 2.19. The maximum absolute atomic E-state index is 5.32. The molecule has 2 atom stereocenters. The second-order valence-electron chi connectivity index (χ2n) is 3.46. The van der Waals surface area contributed by atoms with Crippen molar-refractivity contribution in [2.45, 2.75) is 25.4 Å². The molecule has 13 heavy (non-hydrogen) atoms. The lowest BCUT2D eigenvalue weighted by molar-refractivity contribution is 0.188. The molecule has 0 spiro atoms. The molecule has 0 amide bonds. The van der Waals surface area contributed by atoms with Crippen LogP contribution >= 0.6 is 11.3 Å². The van der Waals surface area contributed by atoms with E-state index in [0.29, 0.717) is 12.1 Å². The molecule has 1 fully saturated rings. The average molecular weight is 197 g/mol. The lowest BCUT2D eigenvalue weighted by Gasteiger charge is -2.16. The van der Waals surface area contributed by atoms with Crippen LogP contribution < -0.4 is 5.32 Å². The van der Waals surface area contributed by atoms with Crippen molar-refractivity contribution >= 4 is 11.3 Å². The van der Waals surface area contributed by atoms with Gasteiger partial charge in [0.1, 0.15) is 0 Å². The van der Waals surface area contributed by atoms with Gasteiger partial charge in [0.25, 0.3) is 0 Å². The molecule has 0 aromatic carbocycles. The van der Waals surface area contributed by atoms with Crippen molar-refractivity contribution < 1.29 is 4.74 Å². The van der Waals surface area contributed by atoms with Crippen molar-refractivity contribution in [3.05, 3.63) is 22.4 Å². The van der Waals surface area contributed by atoms with E-state index < -0.39 is 0 Å². The molecule has 1 aromatic heterocycles. The SMILES string of the molecule is CC(NC1CCOC1)c1cccs1. The Balaban J connectivity index is 1.87. The molecule has 0 bridgehead atoms. The van der Waals surface area contributed by atoms with Crippen LogP contribution in [-0.2, 0) is 4.74 Å². The van der Waals surface area contributed by atoms with Gasteiger partial charge in [-0.3, -0.25) is 0 Å². The first kappa shape index (κ1) is 9.19. The maximum Gasteiger partial charge on any atom is 0.0620 e. The van der Waals surface area contributed by atoms with Gasteiger partial charge in [-0.15, -0.1) is 11.3 Å². The summed E-state index contributed by atoms with van der Waals surface area (Å²) in [4.78, 5) is 1.41. The maximum atomic E-state index is 5.32. The molecule has 1 aliphatic rings. The molecular weight excluding hydrogens is 182 g/mol. The van der Waals surface area contributed by atoms with Crippen molar-refractivity contribution in [2.24, 2.45) is 0 Å². The Morgan fingerprint density at radius 1 is 1.69 bits per heavy atom. The van der Waals surface area contributed by atoms with Crippen LogP contribution in [0.2, 0.25) is 0 Å². The van der Waals surface area contributed by atoms with E-state index in [1.54, 1.807) is 0 Å². The molecule has 1 saturated heterocycles. The summed E-state index contributed by atoms with van der Waals surface area (Å²) in [6.45, 7) is 3.99. The Bertz CT molecular complexity index is 241. The highest BCUT2D eigenvalue weighted by atomic mass is 32.1. The fourth-order valence-electron chi connectivity index (χ4n) is 1.64. The molecule has 1 N–H and O–H groups in total. The first-order valence-electron chi connectivity index (χ1n) is 4.73. The summed E-state index contributed by atoms with van der Waals surface area (Å²) in [6, 6.07) is 5.30. The van der Waals surface area contributed by atoms with Crippen LogP contribution in [0.1, 0.15) is 24.3 Å². The standard InChI is InChI=1S/C10H15NOS/c1-8(10-3-2-6-13-10)11-9-4-5-12-7-9/h2-3,6,8-9,11H,4-5,7H2,1H3.